The molecule has 2 aromatic rings. The van der Waals surface area contributed by atoms with Gasteiger partial charge in [-0.15, -0.1) is 10.2 Å². The molecule has 0 aliphatic carbocycles. The third-order valence-electron chi connectivity index (χ3n) is 4.05. The van der Waals surface area contributed by atoms with E-state index >= 15 is 0 Å². The van der Waals surface area contributed by atoms with Gasteiger partial charge in [0.05, 0.1) is 5.92 Å². The van der Waals surface area contributed by atoms with Crippen molar-refractivity contribution in [2.45, 2.75) is 48.0 Å². The van der Waals surface area contributed by atoms with Gasteiger partial charge in [0.2, 0.25) is 11.8 Å². The first-order chi connectivity index (χ1) is 11.9. The summed E-state index contributed by atoms with van der Waals surface area (Å²) in [5, 5.41) is 8.67. The molecule has 0 bridgehead atoms. The zero-order valence-electron chi connectivity index (χ0n) is 16.1. The Kier molecular flexibility index (Phi) is 5.71. The fourth-order valence-electron chi connectivity index (χ4n) is 2.57. The van der Waals surface area contributed by atoms with Crippen LogP contribution in [0.25, 0.3) is 11.5 Å². The van der Waals surface area contributed by atoms with E-state index in [1.807, 2.05) is 41.5 Å². The average molecular weight is 377 g/mol. The van der Waals surface area contributed by atoms with Crippen LogP contribution >= 0.6 is 11.6 Å². The highest BCUT2D eigenvalue weighted by Gasteiger charge is 2.40. The molecule has 1 heterocycles. The van der Waals surface area contributed by atoms with Crippen LogP contribution in [0, 0.1) is 16.7 Å². The van der Waals surface area contributed by atoms with Crippen molar-refractivity contribution in [3.05, 3.63) is 35.2 Å². The summed E-state index contributed by atoms with van der Waals surface area (Å²) in [5.74, 6) is -0.446. The van der Waals surface area contributed by atoms with E-state index < -0.39 is 16.7 Å². The number of Topliss-reactive ketones (excluding diaryl/α,β-unsaturated/α-hetero) is 2. The second kappa shape index (κ2) is 7.31. The van der Waals surface area contributed by atoms with Gasteiger partial charge >= 0.3 is 0 Å². The maximum atomic E-state index is 12.8. The van der Waals surface area contributed by atoms with Crippen molar-refractivity contribution >= 4 is 23.2 Å². The Labute approximate surface area is 159 Å². The molecule has 0 spiro atoms. The highest BCUT2D eigenvalue weighted by molar-refractivity contribution is 6.30. The van der Waals surface area contributed by atoms with Gasteiger partial charge in [-0.3, -0.25) is 9.59 Å². The smallest absolute Gasteiger partial charge is 0.247 e. The summed E-state index contributed by atoms with van der Waals surface area (Å²) in [6.07, 6.45) is 0.104. The molecule has 26 heavy (non-hydrogen) atoms. The standard InChI is InChI=1S/C20H25ClN2O3/c1-19(2,3)16(24)14(17(25)20(4,5)6)11-15-22-23-18(26-15)12-7-9-13(21)10-8-12/h7-10,14H,11H2,1-6H3. The highest BCUT2D eigenvalue weighted by atomic mass is 35.5. The largest absolute Gasteiger partial charge is 0.421 e. The summed E-state index contributed by atoms with van der Waals surface area (Å²) in [7, 11) is 0. The molecule has 0 amide bonds. The molecule has 0 unspecified atom stereocenters. The zero-order chi connectivity index (χ0) is 19.7. The van der Waals surface area contributed by atoms with Gasteiger partial charge in [0.15, 0.2) is 0 Å². The van der Waals surface area contributed by atoms with Crippen molar-refractivity contribution < 1.29 is 14.0 Å². The number of aromatic nitrogens is 2. The van der Waals surface area contributed by atoms with Crippen molar-refractivity contribution in [2.24, 2.45) is 16.7 Å². The molecule has 0 saturated carbocycles. The van der Waals surface area contributed by atoms with Crippen molar-refractivity contribution in [1.29, 1.82) is 0 Å². The number of carbonyl (C=O) groups is 2. The minimum Gasteiger partial charge on any atom is -0.421 e. The molecule has 0 fully saturated rings. The second-order valence-corrected chi connectivity index (χ2v) is 8.93. The SMILES string of the molecule is CC(C)(C)C(=O)C(Cc1nnc(-c2ccc(Cl)cc2)o1)C(=O)C(C)(C)C. The Morgan fingerprint density at radius 2 is 1.46 bits per heavy atom. The molecule has 0 aliphatic heterocycles. The van der Waals surface area contributed by atoms with Gasteiger partial charge in [-0.05, 0) is 24.3 Å². The first-order valence-electron chi connectivity index (χ1n) is 8.56. The molecule has 1 aromatic heterocycles. The van der Waals surface area contributed by atoms with Crippen molar-refractivity contribution in [3.63, 3.8) is 0 Å². The summed E-state index contributed by atoms with van der Waals surface area (Å²) in [6.45, 7) is 10.9. The van der Waals surface area contributed by atoms with Crippen LogP contribution in [0.15, 0.2) is 28.7 Å². The molecule has 0 saturated heterocycles. The Bertz CT molecular complexity index is 770. The fourth-order valence-corrected chi connectivity index (χ4v) is 2.70. The Balaban J connectivity index is 2.30. The van der Waals surface area contributed by atoms with Crippen LogP contribution in [0.3, 0.4) is 0 Å². The van der Waals surface area contributed by atoms with Crippen LogP contribution in [-0.2, 0) is 16.0 Å². The predicted octanol–water partition coefficient (Wildman–Crippen LogP) is 4.78. The van der Waals surface area contributed by atoms with Crippen LogP contribution in [0.4, 0.5) is 0 Å². The Hall–Kier alpha value is -2.01. The summed E-state index contributed by atoms with van der Waals surface area (Å²) in [5.41, 5.74) is -0.538. The van der Waals surface area contributed by atoms with E-state index in [0.29, 0.717) is 10.9 Å². The fraction of sp³-hybridized carbons (Fsp3) is 0.500. The molecule has 2 rings (SSSR count). The van der Waals surface area contributed by atoms with Gasteiger partial charge in [0.1, 0.15) is 11.6 Å². The summed E-state index contributed by atoms with van der Waals surface area (Å²) in [4.78, 5) is 25.7. The van der Waals surface area contributed by atoms with Gasteiger partial charge in [0.25, 0.3) is 0 Å². The van der Waals surface area contributed by atoms with E-state index in [9.17, 15) is 9.59 Å². The van der Waals surface area contributed by atoms with E-state index in [1.54, 1.807) is 24.3 Å². The minimum atomic E-state index is -0.812. The maximum Gasteiger partial charge on any atom is 0.247 e. The monoisotopic (exact) mass is 376 g/mol. The van der Waals surface area contributed by atoms with E-state index in [-0.39, 0.29) is 23.9 Å². The van der Waals surface area contributed by atoms with Gasteiger partial charge < -0.3 is 4.42 Å². The first-order valence-corrected chi connectivity index (χ1v) is 8.94. The number of rotatable bonds is 5. The average Bonchev–Trinajstić information content (AvgIpc) is 2.99. The predicted molar refractivity (Wildman–Crippen MR) is 101 cm³/mol. The molecule has 0 radical (unpaired) electrons. The molecule has 0 N–H and O–H groups in total. The van der Waals surface area contributed by atoms with Crippen LogP contribution in [0.5, 0.6) is 0 Å². The lowest BCUT2D eigenvalue weighted by Crippen LogP contribution is -2.40. The highest BCUT2D eigenvalue weighted by Crippen LogP contribution is 2.30. The molecule has 5 nitrogen and oxygen atoms in total. The topological polar surface area (TPSA) is 73.1 Å². The van der Waals surface area contributed by atoms with E-state index in [1.165, 1.54) is 0 Å². The molecule has 140 valence electrons. The van der Waals surface area contributed by atoms with Crippen molar-refractivity contribution in [2.75, 3.05) is 0 Å². The van der Waals surface area contributed by atoms with Gasteiger partial charge in [-0.1, -0.05) is 53.1 Å². The second-order valence-electron chi connectivity index (χ2n) is 8.49. The normalized spacial score (nSPS) is 12.5. The van der Waals surface area contributed by atoms with E-state index in [2.05, 4.69) is 10.2 Å². The van der Waals surface area contributed by atoms with E-state index in [4.69, 9.17) is 16.0 Å². The molecular formula is C20H25ClN2O3. The van der Waals surface area contributed by atoms with Crippen molar-refractivity contribution in [3.8, 4) is 11.5 Å². The molecular weight excluding hydrogens is 352 g/mol. The third-order valence-corrected chi connectivity index (χ3v) is 4.30. The van der Waals surface area contributed by atoms with Crippen LogP contribution in [-0.4, -0.2) is 21.8 Å². The molecule has 1 aromatic carbocycles. The maximum absolute atomic E-state index is 12.8. The van der Waals surface area contributed by atoms with Gasteiger partial charge in [-0.2, -0.15) is 0 Å². The van der Waals surface area contributed by atoms with E-state index in [0.717, 1.165) is 5.56 Å². The summed E-state index contributed by atoms with van der Waals surface area (Å²) < 4.78 is 5.70. The summed E-state index contributed by atoms with van der Waals surface area (Å²) >= 11 is 5.89. The first kappa shape index (κ1) is 20.3. The van der Waals surface area contributed by atoms with Crippen LogP contribution in [0.1, 0.15) is 47.4 Å². The van der Waals surface area contributed by atoms with Crippen LogP contribution in [0.2, 0.25) is 5.02 Å². The Morgan fingerprint density at radius 1 is 0.962 bits per heavy atom. The molecule has 6 heteroatoms. The number of carbonyl (C=O) groups excluding carboxylic acids is 2. The number of halogens is 1. The number of hydrogen-bond donors (Lipinski definition) is 0. The zero-order valence-corrected chi connectivity index (χ0v) is 16.8. The lowest BCUT2D eigenvalue weighted by atomic mass is 9.73. The number of hydrogen-bond acceptors (Lipinski definition) is 5. The van der Waals surface area contributed by atoms with Crippen LogP contribution < -0.4 is 0 Å². The quantitative estimate of drug-likeness (QED) is 0.702. The third kappa shape index (κ3) is 4.79. The lowest BCUT2D eigenvalue weighted by molar-refractivity contribution is -0.141. The van der Waals surface area contributed by atoms with Gasteiger partial charge in [0, 0.05) is 27.8 Å². The Morgan fingerprint density at radius 3 is 1.92 bits per heavy atom. The number of benzene rings is 1. The molecule has 0 aliphatic rings. The van der Waals surface area contributed by atoms with Gasteiger partial charge in [-0.25, -0.2) is 0 Å². The minimum absolute atomic E-state index is 0.104. The lowest BCUT2D eigenvalue weighted by Gasteiger charge is -2.27. The number of ketones is 2. The number of nitrogens with zero attached hydrogens (tertiary/aromatic N) is 2. The summed E-state index contributed by atoms with van der Waals surface area (Å²) in [6, 6.07) is 7.01. The van der Waals surface area contributed by atoms with Crippen molar-refractivity contribution in [1.82, 2.24) is 10.2 Å². The molecule has 0 atom stereocenters.